The van der Waals surface area contributed by atoms with Gasteiger partial charge in [0.05, 0.1) is 11.4 Å². The van der Waals surface area contributed by atoms with E-state index < -0.39 is 0 Å². The van der Waals surface area contributed by atoms with Crippen molar-refractivity contribution in [2.45, 2.75) is 39.2 Å². The van der Waals surface area contributed by atoms with Crippen LogP contribution in [0, 0.1) is 5.41 Å². The van der Waals surface area contributed by atoms with Crippen molar-refractivity contribution in [1.82, 2.24) is 0 Å². The van der Waals surface area contributed by atoms with E-state index in [0.29, 0.717) is 13.0 Å². The van der Waals surface area contributed by atoms with E-state index in [2.05, 4.69) is 0 Å². The van der Waals surface area contributed by atoms with Gasteiger partial charge in [-0.25, -0.2) is 0 Å². The minimum atomic E-state index is -0.0726. The molecule has 0 aliphatic heterocycles. The summed E-state index contributed by atoms with van der Waals surface area (Å²) < 4.78 is 5.43. The molecule has 66 valence electrons. The molecule has 0 radical (unpaired) electrons. The van der Waals surface area contributed by atoms with E-state index in [1.807, 2.05) is 20.8 Å². The lowest BCUT2D eigenvalue weighted by Crippen LogP contribution is -2.20. The van der Waals surface area contributed by atoms with Crippen molar-refractivity contribution < 1.29 is 4.74 Å². The third kappa shape index (κ3) is 9.43. The zero-order chi connectivity index (χ0) is 8.91. The Bertz CT molecular complexity index is 127. The van der Waals surface area contributed by atoms with Crippen LogP contribution in [-0.4, -0.2) is 18.0 Å². The zero-order valence-corrected chi connectivity index (χ0v) is 7.61. The first-order valence-corrected chi connectivity index (χ1v) is 3.89. The van der Waals surface area contributed by atoms with Crippen molar-refractivity contribution in [3.8, 4) is 0 Å². The van der Waals surface area contributed by atoms with Gasteiger partial charge in [-0.15, -0.1) is 0 Å². The van der Waals surface area contributed by atoms with Crippen molar-refractivity contribution in [2.75, 3.05) is 6.61 Å². The Kier molecular flexibility index (Phi) is 4.11. The molecule has 0 amide bonds. The molecule has 0 atom stereocenters. The molecule has 0 bridgehead atoms. The van der Waals surface area contributed by atoms with Gasteiger partial charge < -0.3 is 10.5 Å². The first-order chi connectivity index (χ1) is 4.92. The second-order valence-electron chi connectivity index (χ2n) is 3.59. The van der Waals surface area contributed by atoms with E-state index in [9.17, 15) is 0 Å². The summed E-state index contributed by atoms with van der Waals surface area (Å²) in [4.78, 5) is 0. The summed E-state index contributed by atoms with van der Waals surface area (Å²) in [6.45, 7) is 6.73. The van der Waals surface area contributed by atoms with Crippen LogP contribution in [0.2, 0.25) is 0 Å². The summed E-state index contributed by atoms with van der Waals surface area (Å²) in [5.41, 5.74) is 5.10. The Morgan fingerprint density at radius 1 is 1.45 bits per heavy atom. The molecule has 0 saturated heterocycles. The number of amidine groups is 1. The predicted octanol–water partition coefficient (Wildman–Crippen LogP) is 1.52. The fourth-order valence-electron chi connectivity index (χ4n) is 0.641. The van der Waals surface area contributed by atoms with Crippen LogP contribution in [0.5, 0.6) is 0 Å². The van der Waals surface area contributed by atoms with Gasteiger partial charge >= 0.3 is 0 Å². The average Bonchev–Trinajstić information content (AvgIpc) is 1.78. The zero-order valence-electron chi connectivity index (χ0n) is 7.61. The number of rotatable bonds is 4. The van der Waals surface area contributed by atoms with E-state index in [4.69, 9.17) is 15.9 Å². The summed E-state index contributed by atoms with van der Waals surface area (Å²) in [7, 11) is 0. The molecule has 0 unspecified atom stereocenters. The molecule has 3 N–H and O–H groups in total. The SMILES string of the molecule is CC(C)(C)OCCCC(=N)N. The van der Waals surface area contributed by atoms with Crippen LogP contribution >= 0.6 is 0 Å². The highest BCUT2D eigenvalue weighted by Crippen LogP contribution is 2.07. The Labute approximate surface area is 68.4 Å². The van der Waals surface area contributed by atoms with E-state index in [-0.39, 0.29) is 11.4 Å². The van der Waals surface area contributed by atoms with Gasteiger partial charge in [0.2, 0.25) is 0 Å². The molecule has 0 rings (SSSR count). The van der Waals surface area contributed by atoms with Gasteiger partial charge in [0.25, 0.3) is 0 Å². The first-order valence-electron chi connectivity index (χ1n) is 3.89. The predicted molar refractivity (Wildman–Crippen MR) is 46.9 cm³/mol. The van der Waals surface area contributed by atoms with Crippen LogP contribution < -0.4 is 5.73 Å². The maximum absolute atomic E-state index is 6.95. The van der Waals surface area contributed by atoms with E-state index in [1.165, 1.54) is 0 Å². The van der Waals surface area contributed by atoms with Gasteiger partial charge in [-0.3, -0.25) is 5.41 Å². The molecule has 0 aliphatic rings. The number of nitrogens with one attached hydrogen (secondary N) is 1. The van der Waals surface area contributed by atoms with E-state index >= 15 is 0 Å². The topological polar surface area (TPSA) is 59.1 Å². The molecule has 0 aliphatic carbocycles. The number of hydrogen-bond donors (Lipinski definition) is 2. The monoisotopic (exact) mass is 158 g/mol. The lowest BCUT2D eigenvalue weighted by atomic mass is 10.2. The summed E-state index contributed by atoms with van der Waals surface area (Å²) in [6, 6.07) is 0. The third-order valence-electron chi connectivity index (χ3n) is 1.13. The van der Waals surface area contributed by atoms with E-state index in [0.717, 1.165) is 6.42 Å². The number of nitrogens with two attached hydrogens (primary N) is 1. The molecule has 0 saturated carbocycles. The van der Waals surface area contributed by atoms with Crippen LogP contribution in [0.3, 0.4) is 0 Å². The Morgan fingerprint density at radius 3 is 2.36 bits per heavy atom. The quantitative estimate of drug-likeness (QED) is 0.370. The van der Waals surface area contributed by atoms with Crippen molar-refractivity contribution in [1.29, 1.82) is 5.41 Å². The summed E-state index contributed by atoms with van der Waals surface area (Å²) >= 11 is 0. The van der Waals surface area contributed by atoms with Gasteiger partial charge in [-0.2, -0.15) is 0 Å². The molecule has 0 heterocycles. The summed E-state index contributed by atoms with van der Waals surface area (Å²) in [5, 5.41) is 6.95. The van der Waals surface area contributed by atoms with Crippen molar-refractivity contribution in [3.63, 3.8) is 0 Å². The molecule has 0 aromatic carbocycles. The largest absolute Gasteiger partial charge is 0.388 e. The van der Waals surface area contributed by atoms with Crippen molar-refractivity contribution >= 4 is 5.84 Å². The Morgan fingerprint density at radius 2 is 2.00 bits per heavy atom. The Hall–Kier alpha value is -0.570. The van der Waals surface area contributed by atoms with Crippen molar-refractivity contribution in [3.05, 3.63) is 0 Å². The highest BCUT2D eigenvalue weighted by molar-refractivity contribution is 5.76. The van der Waals surface area contributed by atoms with Crippen LogP contribution in [0.25, 0.3) is 0 Å². The van der Waals surface area contributed by atoms with Gasteiger partial charge in [0, 0.05) is 13.0 Å². The lowest BCUT2D eigenvalue weighted by Gasteiger charge is -2.19. The second kappa shape index (κ2) is 4.34. The molecular weight excluding hydrogens is 140 g/mol. The maximum atomic E-state index is 6.95. The first kappa shape index (κ1) is 10.4. The van der Waals surface area contributed by atoms with Crippen LogP contribution in [0.1, 0.15) is 33.6 Å². The molecule has 0 aromatic rings. The third-order valence-corrected chi connectivity index (χ3v) is 1.13. The number of hydrogen-bond acceptors (Lipinski definition) is 2. The molecule has 0 fully saturated rings. The minimum absolute atomic E-state index is 0.0726. The normalized spacial score (nSPS) is 11.5. The highest BCUT2D eigenvalue weighted by Gasteiger charge is 2.08. The van der Waals surface area contributed by atoms with Gasteiger partial charge in [0.15, 0.2) is 0 Å². The summed E-state index contributed by atoms with van der Waals surface area (Å²) in [6.07, 6.45) is 1.47. The molecule has 11 heavy (non-hydrogen) atoms. The summed E-state index contributed by atoms with van der Waals surface area (Å²) in [5.74, 6) is 0.238. The Balaban J connectivity index is 3.22. The lowest BCUT2D eigenvalue weighted by molar-refractivity contribution is -0.00333. The fraction of sp³-hybridized carbons (Fsp3) is 0.875. The van der Waals surface area contributed by atoms with Crippen LogP contribution in [-0.2, 0) is 4.74 Å². The molecule has 3 heteroatoms. The smallest absolute Gasteiger partial charge is 0.0906 e. The molecule has 0 aromatic heterocycles. The minimum Gasteiger partial charge on any atom is -0.388 e. The molecule has 0 spiro atoms. The standard InChI is InChI=1S/C8H18N2O/c1-8(2,3)11-6-4-5-7(9)10/h4-6H2,1-3H3,(H3,9,10). The van der Waals surface area contributed by atoms with Gasteiger partial charge in [-0.05, 0) is 27.2 Å². The average molecular weight is 158 g/mol. The molecular formula is C8H18N2O. The van der Waals surface area contributed by atoms with Gasteiger partial charge in [-0.1, -0.05) is 0 Å². The second-order valence-corrected chi connectivity index (χ2v) is 3.59. The van der Waals surface area contributed by atoms with Gasteiger partial charge in [0.1, 0.15) is 0 Å². The van der Waals surface area contributed by atoms with Crippen LogP contribution in [0.4, 0.5) is 0 Å². The fourth-order valence-corrected chi connectivity index (χ4v) is 0.641. The highest BCUT2D eigenvalue weighted by atomic mass is 16.5. The van der Waals surface area contributed by atoms with E-state index in [1.54, 1.807) is 0 Å². The maximum Gasteiger partial charge on any atom is 0.0906 e. The number of ether oxygens (including phenoxy) is 1. The van der Waals surface area contributed by atoms with Crippen molar-refractivity contribution in [2.24, 2.45) is 5.73 Å². The molecule has 3 nitrogen and oxygen atoms in total. The van der Waals surface area contributed by atoms with Crippen LogP contribution in [0.15, 0.2) is 0 Å².